The van der Waals surface area contributed by atoms with Crippen LogP contribution in [0.1, 0.15) is 36.1 Å². The minimum Gasteiger partial charge on any atom is -0.324 e. The Bertz CT molecular complexity index is 1030. The lowest BCUT2D eigenvalue weighted by molar-refractivity contribution is -0.119. The second kappa shape index (κ2) is 8.21. The van der Waals surface area contributed by atoms with Gasteiger partial charge in [0, 0.05) is 17.3 Å². The minimum absolute atomic E-state index is 0.239. The van der Waals surface area contributed by atoms with Gasteiger partial charge in [0.1, 0.15) is 6.04 Å². The first-order valence-electron chi connectivity index (χ1n) is 9.44. The van der Waals surface area contributed by atoms with Crippen molar-refractivity contribution in [2.45, 2.75) is 40.2 Å². The van der Waals surface area contributed by atoms with Crippen molar-refractivity contribution in [1.82, 2.24) is 9.78 Å². The molecule has 0 saturated carbocycles. The number of nitrogens with zero attached hydrogens (tertiary/aromatic N) is 2. The molecule has 5 nitrogen and oxygen atoms in total. The first-order chi connectivity index (χ1) is 13.4. The molecule has 1 unspecified atom stereocenters. The number of hydrogen-bond acceptors (Lipinski definition) is 3. The molecule has 1 atom stereocenters. The Hall–Kier alpha value is -3.21. The maximum atomic E-state index is 13.0. The van der Waals surface area contributed by atoms with Crippen molar-refractivity contribution in [2.75, 3.05) is 5.32 Å². The lowest BCUT2D eigenvalue weighted by atomic mass is 10.0. The van der Waals surface area contributed by atoms with Crippen LogP contribution >= 0.6 is 0 Å². The summed E-state index contributed by atoms with van der Waals surface area (Å²) in [7, 11) is 0. The molecule has 144 valence electrons. The number of benzene rings is 2. The molecule has 3 aromatic rings. The molecule has 0 aliphatic carbocycles. The van der Waals surface area contributed by atoms with Crippen LogP contribution in [0.2, 0.25) is 0 Å². The quantitative estimate of drug-likeness (QED) is 0.718. The highest BCUT2D eigenvalue weighted by Crippen LogP contribution is 2.24. The van der Waals surface area contributed by atoms with Crippen LogP contribution < -0.4 is 10.9 Å². The summed E-state index contributed by atoms with van der Waals surface area (Å²) in [6, 6.07) is 16.1. The topological polar surface area (TPSA) is 64.0 Å². The second-order valence-corrected chi connectivity index (χ2v) is 7.05. The van der Waals surface area contributed by atoms with Crippen LogP contribution in [0, 0.1) is 20.8 Å². The van der Waals surface area contributed by atoms with Gasteiger partial charge in [-0.1, -0.05) is 55.0 Å². The van der Waals surface area contributed by atoms with Crippen molar-refractivity contribution in [3.8, 4) is 11.3 Å². The predicted octanol–water partition coefficient (Wildman–Crippen LogP) is 4.43. The van der Waals surface area contributed by atoms with Gasteiger partial charge in [-0.25, -0.2) is 4.68 Å². The average Bonchev–Trinajstić information content (AvgIpc) is 2.67. The van der Waals surface area contributed by atoms with Crippen molar-refractivity contribution in [3.63, 3.8) is 0 Å². The zero-order valence-electron chi connectivity index (χ0n) is 16.7. The van der Waals surface area contributed by atoms with E-state index in [0.29, 0.717) is 12.1 Å². The number of carbonyl (C=O) groups is 1. The number of amides is 1. The monoisotopic (exact) mass is 375 g/mol. The van der Waals surface area contributed by atoms with Crippen molar-refractivity contribution >= 4 is 11.6 Å². The summed E-state index contributed by atoms with van der Waals surface area (Å²) in [5.74, 6) is -0.239. The van der Waals surface area contributed by atoms with Crippen LogP contribution in [-0.4, -0.2) is 15.7 Å². The van der Waals surface area contributed by atoms with E-state index in [9.17, 15) is 9.59 Å². The SMILES string of the molecule is CCC(C(=O)Nc1c(C)cc(C)cc1C)n1nc(-c2ccccc2)ccc1=O. The molecule has 3 rings (SSSR count). The van der Waals surface area contributed by atoms with Gasteiger partial charge in [0.15, 0.2) is 0 Å². The number of rotatable bonds is 5. The molecular formula is C23H25N3O2. The molecule has 1 heterocycles. The number of aromatic nitrogens is 2. The smallest absolute Gasteiger partial charge is 0.267 e. The Morgan fingerprint density at radius 2 is 1.68 bits per heavy atom. The molecule has 28 heavy (non-hydrogen) atoms. The normalized spacial score (nSPS) is 11.9. The standard InChI is InChI=1S/C23H25N3O2/c1-5-20(23(28)24-22-16(3)13-15(2)14-17(22)4)26-21(27)12-11-19(25-26)18-9-7-6-8-10-18/h6-14,20H,5H2,1-4H3,(H,24,28). The van der Waals surface area contributed by atoms with Crippen LogP contribution in [0.25, 0.3) is 11.3 Å². The molecule has 0 bridgehead atoms. The van der Waals surface area contributed by atoms with Gasteiger partial charge in [0.05, 0.1) is 5.69 Å². The second-order valence-electron chi connectivity index (χ2n) is 7.05. The van der Waals surface area contributed by atoms with Gasteiger partial charge in [0.2, 0.25) is 5.91 Å². The van der Waals surface area contributed by atoms with Crippen molar-refractivity contribution in [2.24, 2.45) is 0 Å². The largest absolute Gasteiger partial charge is 0.324 e. The van der Waals surface area contributed by atoms with E-state index in [0.717, 1.165) is 27.9 Å². The summed E-state index contributed by atoms with van der Waals surface area (Å²) in [6.07, 6.45) is 0.459. The van der Waals surface area contributed by atoms with Gasteiger partial charge in [-0.05, 0) is 44.4 Å². The Morgan fingerprint density at radius 1 is 1.04 bits per heavy atom. The zero-order valence-corrected chi connectivity index (χ0v) is 16.7. The van der Waals surface area contributed by atoms with Crippen molar-refractivity contribution in [3.05, 3.63) is 81.6 Å². The fraction of sp³-hybridized carbons (Fsp3) is 0.261. The molecule has 0 aliphatic rings. The summed E-state index contributed by atoms with van der Waals surface area (Å²) in [5.41, 5.74) is 5.21. The summed E-state index contributed by atoms with van der Waals surface area (Å²) < 4.78 is 1.29. The lowest BCUT2D eigenvalue weighted by Gasteiger charge is -2.19. The molecule has 5 heteroatoms. The van der Waals surface area contributed by atoms with Gasteiger partial charge in [-0.3, -0.25) is 9.59 Å². The third kappa shape index (κ3) is 4.03. The van der Waals surface area contributed by atoms with E-state index in [1.165, 1.54) is 10.7 Å². The van der Waals surface area contributed by atoms with Crippen LogP contribution in [0.4, 0.5) is 5.69 Å². The Labute approximate surface area is 165 Å². The van der Waals surface area contributed by atoms with Crippen LogP contribution in [-0.2, 0) is 4.79 Å². The van der Waals surface area contributed by atoms with Crippen LogP contribution in [0.3, 0.4) is 0 Å². The Morgan fingerprint density at radius 3 is 2.29 bits per heavy atom. The third-order valence-electron chi connectivity index (χ3n) is 4.80. The van der Waals surface area contributed by atoms with E-state index in [1.807, 2.05) is 70.2 Å². The zero-order chi connectivity index (χ0) is 20.3. The third-order valence-corrected chi connectivity index (χ3v) is 4.80. The molecule has 0 saturated heterocycles. The first kappa shape index (κ1) is 19.5. The number of carbonyl (C=O) groups excluding carboxylic acids is 1. The molecule has 1 N–H and O–H groups in total. The number of nitrogens with one attached hydrogen (secondary N) is 1. The minimum atomic E-state index is -0.684. The number of hydrogen-bond donors (Lipinski definition) is 1. The van der Waals surface area contributed by atoms with E-state index in [-0.39, 0.29) is 11.5 Å². The van der Waals surface area contributed by atoms with Crippen LogP contribution in [0.5, 0.6) is 0 Å². The molecule has 0 radical (unpaired) electrons. The van der Waals surface area contributed by atoms with Crippen molar-refractivity contribution in [1.29, 1.82) is 0 Å². The van der Waals surface area contributed by atoms with Crippen molar-refractivity contribution < 1.29 is 4.79 Å². The summed E-state index contributed by atoms with van der Waals surface area (Å²) in [4.78, 5) is 25.5. The van der Waals surface area contributed by atoms with Crippen LogP contribution in [0.15, 0.2) is 59.4 Å². The Balaban J connectivity index is 1.95. The molecule has 0 fully saturated rings. The van der Waals surface area contributed by atoms with E-state index >= 15 is 0 Å². The van der Waals surface area contributed by atoms with Gasteiger partial charge < -0.3 is 5.32 Å². The maximum Gasteiger partial charge on any atom is 0.267 e. The fourth-order valence-corrected chi connectivity index (χ4v) is 3.46. The Kier molecular flexibility index (Phi) is 5.73. The van der Waals surface area contributed by atoms with E-state index in [4.69, 9.17) is 0 Å². The van der Waals surface area contributed by atoms with Gasteiger partial charge >= 0.3 is 0 Å². The number of aryl methyl sites for hydroxylation is 3. The summed E-state index contributed by atoms with van der Waals surface area (Å²) in [6.45, 7) is 7.84. The lowest BCUT2D eigenvalue weighted by Crippen LogP contribution is -2.34. The summed E-state index contributed by atoms with van der Waals surface area (Å²) in [5, 5.41) is 7.48. The highest BCUT2D eigenvalue weighted by Gasteiger charge is 2.22. The molecule has 1 amide bonds. The average molecular weight is 375 g/mol. The molecule has 1 aromatic heterocycles. The molecule has 0 aliphatic heterocycles. The van der Waals surface area contributed by atoms with E-state index < -0.39 is 6.04 Å². The van der Waals surface area contributed by atoms with Gasteiger partial charge in [-0.15, -0.1) is 0 Å². The first-order valence-corrected chi connectivity index (χ1v) is 9.44. The molecule has 0 spiro atoms. The maximum absolute atomic E-state index is 13.0. The van der Waals surface area contributed by atoms with E-state index in [2.05, 4.69) is 10.4 Å². The van der Waals surface area contributed by atoms with E-state index in [1.54, 1.807) is 6.07 Å². The number of anilines is 1. The van der Waals surface area contributed by atoms with Gasteiger partial charge in [0.25, 0.3) is 5.56 Å². The fourth-order valence-electron chi connectivity index (χ4n) is 3.46. The van der Waals surface area contributed by atoms with Gasteiger partial charge in [-0.2, -0.15) is 5.10 Å². The molecule has 2 aromatic carbocycles. The predicted molar refractivity (Wildman–Crippen MR) is 113 cm³/mol. The molecular weight excluding hydrogens is 350 g/mol. The highest BCUT2D eigenvalue weighted by atomic mass is 16.2. The summed E-state index contributed by atoms with van der Waals surface area (Å²) >= 11 is 0. The highest BCUT2D eigenvalue weighted by molar-refractivity contribution is 5.95.